The molecule has 0 N–H and O–H groups in total. The first-order chi connectivity index (χ1) is 20.8. The first-order valence-electron chi connectivity index (χ1n) is 15.3. The lowest BCUT2D eigenvalue weighted by molar-refractivity contribution is 0.0224. The Bertz CT molecular complexity index is 1740. The highest BCUT2D eigenvalue weighted by Gasteiger charge is 2.53. The second-order valence-electron chi connectivity index (χ2n) is 12.2. The van der Waals surface area contributed by atoms with Gasteiger partial charge in [-0.15, -0.1) is 0 Å². The SMILES string of the molecule is CC(=O)c1cccc(N(CC(C)C)c2ccc3c(c2)C2(OC(=O)c4ccccc42)c2ccc(N4CCCCC4)cc2O3)c1. The molecule has 43 heavy (non-hydrogen) atoms. The lowest BCUT2D eigenvalue weighted by Crippen LogP contribution is -2.34. The van der Waals surface area contributed by atoms with Gasteiger partial charge in [-0.05, 0) is 80.6 Å². The second kappa shape index (κ2) is 10.6. The number of piperidine rings is 1. The number of ether oxygens (including phenoxy) is 2. The van der Waals surface area contributed by atoms with Crippen LogP contribution in [0.15, 0.2) is 84.9 Å². The molecule has 4 aromatic carbocycles. The Hall–Kier alpha value is -4.58. The highest BCUT2D eigenvalue weighted by Crippen LogP contribution is 2.57. The third kappa shape index (κ3) is 4.56. The topological polar surface area (TPSA) is 59.1 Å². The maximum atomic E-state index is 13.4. The first-order valence-corrected chi connectivity index (χ1v) is 15.3. The summed E-state index contributed by atoms with van der Waals surface area (Å²) in [4.78, 5) is 30.3. The molecule has 0 radical (unpaired) electrons. The van der Waals surface area contributed by atoms with E-state index in [4.69, 9.17) is 9.47 Å². The third-order valence-electron chi connectivity index (χ3n) is 8.82. The monoisotopic (exact) mass is 572 g/mol. The fourth-order valence-corrected chi connectivity index (χ4v) is 6.78. The number of esters is 1. The number of anilines is 3. The van der Waals surface area contributed by atoms with Crippen molar-refractivity contribution in [2.24, 2.45) is 5.92 Å². The van der Waals surface area contributed by atoms with Gasteiger partial charge >= 0.3 is 5.97 Å². The standard InChI is InChI=1S/C37H36N2O4/c1-24(2)23-39(28-11-9-10-26(20-28)25(3)40)29-15-17-34-33(21-29)37(31-13-6-5-12-30(31)36(41)43-37)32-16-14-27(22-35(32)42-34)38-18-7-4-8-19-38/h5-6,9-17,20-22,24H,4,7-8,18-19,23H2,1-3H3. The van der Waals surface area contributed by atoms with Crippen LogP contribution >= 0.6 is 0 Å². The van der Waals surface area contributed by atoms with E-state index in [9.17, 15) is 9.59 Å². The molecule has 0 saturated carbocycles. The van der Waals surface area contributed by atoms with Crippen LogP contribution in [-0.4, -0.2) is 31.4 Å². The van der Waals surface area contributed by atoms with Crippen molar-refractivity contribution in [2.75, 3.05) is 29.4 Å². The summed E-state index contributed by atoms with van der Waals surface area (Å²) in [6.45, 7) is 8.73. The van der Waals surface area contributed by atoms with E-state index in [2.05, 4.69) is 54.0 Å². The van der Waals surface area contributed by atoms with E-state index in [1.54, 1.807) is 6.92 Å². The van der Waals surface area contributed by atoms with Crippen molar-refractivity contribution in [2.45, 2.75) is 45.6 Å². The van der Waals surface area contributed by atoms with Crippen LogP contribution in [0.2, 0.25) is 0 Å². The third-order valence-corrected chi connectivity index (χ3v) is 8.82. The largest absolute Gasteiger partial charge is 0.456 e. The molecule has 3 heterocycles. The Morgan fingerprint density at radius 3 is 2.42 bits per heavy atom. The molecule has 7 rings (SSSR count). The molecule has 0 amide bonds. The van der Waals surface area contributed by atoms with Crippen LogP contribution in [0, 0.1) is 5.92 Å². The number of fused-ring (bicyclic) bond motifs is 6. The molecule has 1 saturated heterocycles. The normalized spacial score (nSPS) is 18.5. The molecule has 1 spiro atoms. The van der Waals surface area contributed by atoms with Crippen molar-refractivity contribution in [3.05, 3.63) is 113 Å². The quantitative estimate of drug-likeness (QED) is 0.171. The molecular weight excluding hydrogens is 536 g/mol. The number of ketones is 1. The molecule has 1 atom stereocenters. The number of nitrogens with zero attached hydrogens (tertiary/aromatic N) is 2. The lowest BCUT2D eigenvalue weighted by Gasteiger charge is -2.38. The zero-order valence-corrected chi connectivity index (χ0v) is 24.9. The van der Waals surface area contributed by atoms with Gasteiger partial charge in [0, 0.05) is 65.0 Å². The van der Waals surface area contributed by atoms with Gasteiger partial charge in [0.25, 0.3) is 0 Å². The van der Waals surface area contributed by atoms with Crippen molar-refractivity contribution in [1.82, 2.24) is 0 Å². The minimum atomic E-state index is -1.14. The molecule has 3 aliphatic rings. The number of carbonyl (C=O) groups excluding carboxylic acids is 2. The summed E-state index contributed by atoms with van der Waals surface area (Å²) in [6.07, 6.45) is 3.62. The molecule has 0 bridgehead atoms. The predicted molar refractivity (Wildman–Crippen MR) is 169 cm³/mol. The summed E-state index contributed by atoms with van der Waals surface area (Å²) in [5, 5.41) is 0. The molecule has 1 fully saturated rings. The number of hydrogen-bond acceptors (Lipinski definition) is 6. The predicted octanol–water partition coefficient (Wildman–Crippen LogP) is 8.24. The Labute approximate surface area is 252 Å². The van der Waals surface area contributed by atoms with Crippen molar-refractivity contribution in [3.8, 4) is 11.5 Å². The molecule has 218 valence electrons. The van der Waals surface area contributed by atoms with Gasteiger partial charge in [-0.1, -0.05) is 44.2 Å². The van der Waals surface area contributed by atoms with Crippen LogP contribution in [0.1, 0.15) is 77.4 Å². The summed E-state index contributed by atoms with van der Waals surface area (Å²) in [5.74, 6) is 1.41. The van der Waals surface area contributed by atoms with Crippen LogP contribution in [0.4, 0.5) is 17.1 Å². The van der Waals surface area contributed by atoms with Crippen LogP contribution in [0.25, 0.3) is 0 Å². The van der Waals surface area contributed by atoms with Gasteiger partial charge in [-0.25, -0.2) is 4.79 Å². The van der Waals surface area contributed by atoms with Crippen LogP contribution in [0.3, 0.4) is 0 Å². The first kappa shape index (κ1) is 27.3. The van der Waals surface area contributed by atoms with E-state index in [0.29, 0.717) is 28.5 Å². The summed E-state index contributed by atoms with van der Waals surface area (Å²) in [7, 11) is 0. The summed E-state index contributed by atoms with van der Waals surface area (Å²) in [5.41, 5.74) is 5.52. The molecule has 3 aliphatic heterocycles. The molecule has 0 aromatic heterocycles. The average molecular weight is 573 g/mol. The summed E-state index contributed by atoms with van der Waals surface area (Å²) in [6, 6.07) is 27.9. The maximum Gasteiger partial charge on any atom is 0.340 e. The highest BCUT2D eigenvalue weighted by molar-refractivity contribution is 5.97. The summed E-state index contributed by atoms with van der Waals surface area (Å²) >= 11 is 0. The second-order valence-corrected chi connectivity index (χ2v) is 12.2. The van der Waals surface area contributed by atoms with E-state index in [0.717, 1.165) is 53.4 Å². The van der Waals surface area contributed by atoms with Crippen molar-refractivity contribution in [1.29, 1.82) is 0 Å². The zero-order valence-electron chi connectivity index (χ0n) is 24.9. The fourth-order valence-electron chi connectivity index (χ4n) is 6.78. The van der Waals surface area contributed by atoms with Crippen molar-refractivity contribution < 1.29 is 19.1 Å². The molecule has 4 aromatic rings. The van der Waals surface area contributed by atoms with E-state index >= 15 is 0 Å². The smallest absolute Gasteiger partial charge is 0.340 e. The van der Waals surface area contributed by atoms with E-state index in [-0.39, 0.29) is 11.8 Å². The molecule has 0 aliphatic carbocycles. The number of rotatable bonds is 6. The minimum Gasteiger partial charge on any atom is -0.456 e. The molecular formula is C37H36N2O4. The number of carbonyl (C=O) groups is 2. The minimum absolute atomic E-state index is 0.0270. The lowest BCUT2D eigenvalue weighted by atomic mass is 9.77. The van der Waals surface area contributed by atoms with Crippen LogP contribution in [-0.2, 0) is 10.3 Å². The van der Waals surface area contributed by atoms with Gasteiger partial charge in [0.15, 0.2) is 11.4 Å². The highest BCUT2D eigenvalue weighted by atomic mass is 16.6. The van der Waals surface area contributed by atoms with Gasteiger partial charge in [-0.2, -0.15) is 0 Å². The number of benzene rings is 4. The van der Waals surface area contributed by atoms with Gasteiger partial charge in [-0.3, -0.25) is 4.79 Å². The number of Topliss-reactive ketones (excluding diaryl/α,β-unsaturated/α-hetero) is 1. The Morgan fingerprint density at radius 2 is 1.63 bits per heavy atom. The Balaban J connectivity index is 1.41. The van der Waals surface area contributed by atoms with Crippen molar-refractivity contribution in [3.63, 3.8) is 0 Å². The van der Waals surface area contributed by atoms with Crippen LogP contribution in [0.5, 0.6) is 11.5 Å². The number of hydrogen-bond donors (Lipinski definition) is 0. The molecule has 6 heteroatoms. The van der Waals surface area contributed by atoms with Gasteiger partial charge in [0.2, 0.25) is 0 Å². The van der Waals surface area contributed by atoms with Gasteiger partial charge in [0.05, 0.1) is 5.56 Å². The molecule has 6 nitrogen and oxygen atoms in total. The van der Waals surface area contributed by atoms with Gasteiger partial charge in [0.1, 0.15) is 11.5 Å². The Kier molecular flexibility index (Phi) is 6.72. The van der Waals surface area contributed by atoms with Crippen LogP contribution < -0.4 is 14.5 Å². The van der Waals surface area contributed by atoms with Gasteiger partial charge < -0.3 is 19.3 Å². The molecule has 1 unspecified atom stereocenters. The van der Waals surface area contributed by atoms with E-state index in [1.165, 1.54) is 19.3 Å². The fraction of sp³-hybridized carbons (Fsp3) is 0.297. The average Bonchev–Trinajstić information content (AvgIpc) is 3.32. The van der Waals surface area contributed by atoms with Crippen molar-refractivity contribution >= 4 is 28.8 Å². The zero-order chi connectivity index (χ0) is 29.7. The summed E-state index contributed by atoms with van der Waals surface area (Å²) < 4.78 is 13.1. The maximum absolute atomic E-state index is 13.4. The Morgan fingerprint density at radius 1 is 0.837 bits per heavy atom. The van der Waals surface area contributed by atoms with E-state index < -0.39 is 5.60 Å². The van der Waals surface area contributed by atoms with E-state index in [1.807, 2.05) is 54.6 Å².